The summed E-state index contributed by atoms with van der Waals surface area (Å²) in [5, 5.41) is 28.2. The fraction of sp³-hybridized carbons (Fsp3) is 0.586. The molecular weight excluding hydrogens is 494 g/mol. The maximum Gasteiger partial charge on any atom is 0.158 e. The number of azo groups is 1. The molecule has 0 unspecified atom stereocenters. The fourth-order valence-corrected chi connectivity index (χ4v) is 5.60. The quantitative estimate of drug-likeness (QED) is 0.189. The Morgan fingerprint density at radius 3 is 2.11 bits per heavy atom. The van der Waals surface area contributed by atoms with Crippen LogP contribution in [0.3, 0.4) is 0 Å². The Labute approximate surface area is 233 Å². The van der Waals surface area contributed by atoms with Crippen LogP contribution in [0.2, 0.25) is 0 Å². The molecule has 0 saturated carbocycles. The van der Waals surface area contributed by atoms with E-state index in [-0.39, 0.29) is 0 Å². The molecule has 0 aliphatic rings. The summed E-state index contributed by atoms with van der Waals surface area (Å²) in [4.78, 5) is 5.39. The zero-order valence-corrected chi connectivity index (χ0v) is 25.3. The first-order valence-electron chi connectivity index (χ1n) is 13.6. The monoisotopic (exact) mass is 538 g/mol. The van der Waals surface area contributed by atoms with E-state index in [0.29, 0.717) is 26.7 Å². The molecule has 2 rings (SSSR count). The molecule has 2 aromatic rings. The van der Waals surface area contributed by atoms with E-state index in [1.165, 1.54) is 11.3 Å². The SMILES string of the molecule is CCN(CC)CCN(CC[N+](CC)(CC)CC)c1cc(C)c(/N=N/c2sc(C#N)c(C)c2C#N)cc1OC. The molecule has 0 amide bonds. The number of benzene rings is 1. The maximum atomic E-state index is 9.54. The predicted molar refractivity (Wildman–Crippen MR) is 157 cm³/mol. The van der Waals surface area contributed by atoms with Crippen molar-refractivity contribution in [2.24, 2.45) is 10.2 Å². The molecule has 0 atom stereocenters. The molecular formula is C29H44N7OS+. The van der Waals surface area contributed by atoms with Crippen molar-refractivity contribution in [2.75, 3.05) is 70.9 Å². The van der Waals surface area contributed by atoms with Gasteiger partial charge in [0.05, 0.1) is 56.8 Å². The van der Waals surface area contributed by atoms with Crippen LogP contribution in [0, 0.1) is 36.5 Å². The number of hydrogen-bond acceptors (Lipinski definition) is 8. The lowest BCUT2D eigenvalue weighted by Gasteiger charge is -2.38. The smallest absolute Gasteiger partial charge is 0.158 e. The van der Waals surface area contributed by atoms with Crippen LogP contribution in [0.15, 0.2) is 22.4 Å². The molecule has 0 radical (unpaired) electrons. The molecule has 9 heteroatoms. The van der Waals surface area contributed by atoms with Gasteiger partial charge >= 0.3 is 0 Å². The van der Waals surface area contributed by atoms with E-state index in [2.05, 4.69) is 72.9 Å². The molecule has 1 heterocycles. The minimum atomic E-state index is 0.406. The number of methoxy groups -OCH3 is 1. The zero-order valence-electron chi connectivity index (χ0n) is 24.5. The molecule has 0 bridgehead atoms. The van der Waals surface area contributed by atoms with E-state index in [4.69, 9.17) is 4.74 Å². The number of hydrogen-bond donors (Lipinski definition) is 0. The van der Waals surface area contributed by atoms with Crippen molar-refractivity contribution in [3.05, 3.63) is 33.7 Å². The predicted octanol–water partition coefficient (Wildman–Crippen LogP) is 6.56. The molecule has 0 N–H and O–H groups in total. The standard InChI is InChI=1S/C29H44N7OS/c1-9-34(10-2)14-15-35(16-17-36(11-3,12-4)13-5)26-18-22(6)25(19-27(26)37-8)32-33-29-24(20-30)23(7)28(21-31)38-29/h18-19H,9-17H2,1-8H3/q+1/b33-32+. The second-order valence-corrected chi connectivity index (χ2v) is 10.5. The van der Waals surface area contributed by atoms with Crippen LogP contribution in [-0.4, -0.2) is 75.4 Å². The first-order valence-corrected chi connectivity index (χ1v) is 14.4. The number of aryl methyl sites for hydroxylation is 1. The first-order chi connectivity index (χ1) is 18.3. The number of anilines is 1. The summed E-state index contributed by atoms with van der Waals surface area (Å²) >= 11 is 1.19. The summed E-state index contributed by atoms with van der Waals surface area (Å²) in [7, 11) is 1.69. The third-order valence-electron chi connectivity index (χ3n) is 7.87. The van der Waals surface area contributed by atoms with Crippen LogP contribution in [0.4, 0.5) is 16.4 Å². The molecule has 0 saturated heterocycles. The highest BCUT2D eigenvalue weighted by Crippen LogP contribution is 2.39. The van der Waals surface area contributed by atoms with Crippen molar-refractivity contribution in [2.45, 2.75) is 48.5 Å². The maximum absolute atomic E-state index is 9.54. The Kier molecular flexibility index (Phi) is 12.2. The van der Waals surface area contributed by atoms with Crippen LogP contribution >= 0.6 is 11.3 Å². The average molecular weight is 539 g/mol. The zero-order chi connectivity index (χ0) is 28.3. The lowest BCUT2D eigenvalue weighted by atomic mass is 10.1. The molecule has 206 valence electrons. The highest BCUT2D eigenvalue weighted by molar-refractivity contribution is 7.16. The second-order valence-electron chi connectivity index (χ2n) is 9.50. The second kappa shape index (κ2) is 14.8. The largest absolute Gasteiger partial charge is 0.495 e. The summed E-state index contributed by atoms with van der Waals surface area (Å²) in [6.45, 7) is 24.4. The normalized spacial score (nSPS) is 11.7. The number of thiophene rings is 1. The van der Waals surface area contributed by atoms with Gasteiger partial charge in [-0.2, -0.15) is 10.5 Å². The number of likely N-dealkylation sites (N-methyl/N-ethyl adjacent to an activating group) is 2. The van der Waals surface area contributed by atoms with Gasteiger partial charge in [-0.15, -0.1) is 21.6 Å². The van der Waals surface area contributed by atoms with Gasteiger partial charge < -0.3 is 19.0 Å². The topological polar surface area (TPSA) is 88.0 Å². The first kappa shape index (κ1) is 31.2. The number of rotatable bonds is 15. The Bertz CT molecular complexity index is 1160. The van der Waals surface area contributed by atoms with E-state index < -0.39 is 0 Å². The Hall–Kier alpha value is -2.98. The van der Waals surface area contributed by atoms with Gasteiger partial charge in [0.25, 0.3) is 0 Å². The van der Waals surface area contributed by atoms with Crippen LogP contribution in [0.1, 0.15) is 56.2 Å². The molecule has 0 spiro atoms. The van der Waals surface area contributed by atoms with Crippen LogP contribution < -0.4 is 9.64 Å². The van der Waals surface area contributed by atoms with E-state index in [1.54, 1.807) is 14.0 Å². The van der Waals surface area contributed by atoms with Crippen molar-refractivity contribution in [3.63, 3.8) is 0 Å². The van der Waals surface area contributed by atoms with Crippen LogP contribution in [-0.2, 0) is 0 Å². The Balaban J connectivity index is 2.46. The van der Waals surface area contributed by atoms with E-state index in [9.17, 15) is 10.5 Å². The molecule has 1 aromatic carbocycles. The van der Waals surface area contributed by atoms with Gasteiger partial charge in [0, 0.05) is 19.2 Å². The van der Waals surface area contributed by atoms with Gasteiger partial charge in [-0.05, 0) is 64.9 Å². The lowest BCUT2D eigenvalue weighted by molar-refractivity contribution is -0.921. The molecule has 0 aliphatic carbocycles. The summed E-state index contributed by atoms with van der Waals surface area (Å²) in [6, 6.07) is 8.36. The van der Waals surface area contributed by atoms with Crippen LogP contribution in [0.5, 0.6) is 5.75 Å². The van der Waals surface area contributed by atoms with Crippen molar-refractivity contribution in [3.8, 4) is 17.9 Å². The third-order valence-corrected chi connectivity index (χ3v) is 8.95. The van der Waals surface area contributed by atoms with Gasteiger partial charge in [-0.25, -0.2) is 0 Å². The Morgan fingerprint density at radius 1 is 0.921 bits per heavy atom. The summed E-state index contributed by atoms with van der Waals surface area (Å²) in [5.41, 5.74) is 3.79. The molecule has 8 nitrogen and oxygen atoms in total. The molecule has 0 fully saturated rings. The highest BCUT2D eigenvalue weighted by atomic mass is 32.1. The molecule has 0 aliphatic heterocycles. The van der Waals surface area contributed by atoms with Gasteiger partial charge in [-0.3, -0.25) is 0 Å². The van der Waals surface area contributed by atoms with Gasteiger partial charge in [-0.1, -0.05) is 13.8 Å². The highest BCUT2D eigenvalue weighted by Gasteiger charge is 2.24. The average Bonchev–Trinajstić information content (AvgIpc) is 3.26. The number of quaternary nitrogens is 1. The summed E-state index contributed by atoms with van der Waals surface area (Å²) < 4.78 is 6.96. The number of ether oxygens (including phenoxy) is 1. The van der Waals surface area contributed by atoms with Gasteiger partial charge in [0.2, 0.25) is 0 Å². The summed E-state index contributed by atoms with van der Waals surface area (Å²) in [5.74, 6) is 0.757. The number of nitriles is 2. The van der Waals surface area contributed by atoms with Crippen molar-refractivity contribution in [1.82, 2.24) is 4.90 Å². The summed E-state index contributed by atoms with van der Waals surface area (Å²) in [6.07, 6.45) is 0. The van der Waals surface area contributed by atoms with Crippen molar-refractivity contribution < 1.29 is 9.22 Å². The van der Waals surface area contributed by atoms with E-state index in [0.717, 1.165) is 80.4 Å². The minimum absolute atomic E-state index is 0.406. The fourth-order valence-electron chi connectivity index (χ4n) is 4.72. The van der Waals surface area contributed by atoms with Crippen molar-refractivity contribution in [1.29, 1.82) is 10.5 Å². The minimum Gasteiger partial charge on any atom is -0.495 e. The lowest BCUT2D eigenvalue weighted by Crippen LogP contribution is -2.52. The van der Waals surface area contributed by atoms with Crippen LogP contribution in [0.25, 0.3) is 0 Å². The number of nitrogens with zero attached hydrogens (tertiary/aromatic N) is 7. The van der Waals surface area contributed by atoms with E-state index in [1.807, 2.05) is 13.0 Å². The van der Waals surface area contributed by atoms with Gasteiger partial charge in [0.15, 0.2) is 5.00 Å². The van der Waals surface area contributed by atoms with E-state index >= 15 is 0 Å². The molecule has 1 aromatic heterocycles. The third kappa shape index (κ3) is 7.32. The van der Waals surface area contributed by atoms with Crippen molar-refractivity contribution >= 4 is 27.7 Å². The Morgan fingerprint density at radius 2 is 1.58 bits per heavy atom. The van der Waals surface area contributed by atoms with Gasteiger partial charge in [0.1, 0.15) is 22.8 Å². The molecule has 38 heavy (non-hydrogen) atoms.